The molecular formula is C34H43N7O2. The van der Waals surface area contributed by atoms with Gasteiger partial charge in [0.25, 0.3) is 0 Å². The van der Waals surface area contributed by atoms with Gasteiger partial charge in [0.15, 0.2) is 0 Å². The normalized spacial score (nSPS) is 16.4. The van der Waals surface area contributed by atoms with Crippen molar-refractivity contribution in [2.24, 2.45) is 20.0 Å². The van der Waals surface area contributed by atoms with Gasteiger partial charge < -0.3 is 10.2 Å². The van der Waals surface area contributed by atoms with E-state index in [0.29, 0.717) is 26.2 Å². The van der Waals surface area contributed by atoms with Gasteiger partial charge in [-0.3, -0.25) is 29.8 Å². The highest BCUT2D eigenvalue weighted by Crippen LogP contribution is 2.13. The third kappa shape index (κ3) is 10.5. The van der Waals surface area contributed by atoms with Gasteiger partial charge in [-0.1, -0.05) is 30.3 Å². The SMILES string of the molecule is CC1=NCCN(CCN=Cc2ccccc2O)CCCN(CCN=Cc2ccccc2O)CCN=C(C)c2cccc1n2. The quantitative estimate of drug-likeness (QED) is 0.385. The molecule has 9 heteroatoms. The van der Waals surface area contributed by atoms with E-state index in [-0.39, 0.29) is 11.5 Å². The number of aliphatic imine (C=N–C) groups is 4. The molecule has 0 saturated carbocycles. The van der Waals surface area contributed by atoms with Crippen LogP contribution < -0.4 is 0 Å². The topological polar surface area (TPSA) is 109 Å². The standard InChI is InChI=1S/C34H43N7O2/c1-27-31-11-7-12-32(39-31)28(2)38-18-24-41(22-16-36-26-30-10-4-6-14-34(30)43)20-8-19-40(23-17-37-27)21-15-35-25-29-9-3-5-13-33(29)42/h3-7,9-14,25-26,42-43H,8,15-24H2,1-2H3. The van der Waals surface area contributed by atoms with E-state index in [9.17, 15) is 10.2 Å². The van der Waals surface area contributed by atoms with Crippen molar-refractivity contribution in [3.8, 4) is 11.5 Å². The highest BCUT2D eigenvalue weighted by Gasteiger charge is 2.10. The van der Waals surface area contributed by atoms with Crippen molar-refractivity contribution >= 4 is 23.9 Å². The van der Waals surface area contributed by atoms with E-state index in [1.54, 1.807) is 24.6 Å². The summed E-state index contributed by atoms with van der Waals surface area (Å²) in [4.78, 5) is 28.5. The number of hydrogen-bond donors (Lipinski definition) is 2. The van der Waals surface area contributed by atoms with E-state index in [1.165, 1.54) is 0 Å². The Morgan fingerprint density at radius 1 is 0.651 bits per heavy atom. The number of rotatable bonds is 8. The maximum Gasteiger partial charge on any atom is 0.124 e. The Kier molecular flexibility index (Phi) is 12.6. The number of aromatic nitrogens is 1. The molecule has 0 fully saturated rings. The summed E-state index contributed by atoms with van der Waals surface area (Å²) in [7, 11) is 0. The zero-order chi connectivity index (χ0) is 30.3. The third-order valence-electron chi connectivity index (χ3n) is 7.39. The number of fused-ring (bicyclic) bond motifs is 2. The lowest BCUT2D eigenvalue weighted by Gasteiger charge is -2.25. The van der Waals surface area contributed by atoms with Crippen LogP contribution in [0.2, 0.25) is 0 Å². The van der Waals surface area contributed by atoms with Gasteiger partial charge in [-0.15, -0.1) is 0 Å². The van der Waals surface area contributed by atoms with Gasteiger partial charge in [0.05, 0.1) is 49.0 Å². The summed E-state index contributed by atoms with van der Waals surface area (Å²) in [5.41, 5.74) is 5.06. The molecule has 43 heavy (non-hydrogen) atoms. The second-order valence-electron chi connectivity index (χ2n) is 10.6. The smallest absolute Gasteiger partial charge is 0.124 e. The number of para-hydroxylation sites is 2. The molecule has 2 heterocycles. The molecule has 4 rings (SSSR count). The second-order valence-corrected chi connectivity index (χ2v) is 10.6. The molecule has 1 aliphatic rings. The summed E-state index contributed by atoms with van der Waals surface area (Å²) < 4.78 is 0. The Morgan fingerprint density at radius 2 is 1.12 bits per heavy atom. The maximum absolute atomic E-state index is 10.0. The Hall–Kier alpha value is -4.21. The van der Waals surface area contributed by atoms with E-state index < -0.39 is 0 Å². The van der Waals surface area contributed by atoms with Gasteiger partial charge in [-0.05, 0) is 69.8 Å². The molecule has 9 nitrogen and oxygen atoms in total. The number of aromatic hydroxyl groups is 2. The Labute approximate surface area is 255 Å². The molecular weight excluding hydrogens is 538 g/mol. The molecule has 3 aromatic rings. The molecule has 0 atom stereocenters. The molecule has 0 spiro atoms. The summed E-state index contributed by atoms with van der Waals surface area (Å²) in [6, 6.07) is 20.5. The molecule has 0 unspecified atom stereocenters. The van der Waals surface area contributed by atoms with E-state index in [1.807, 2.05) is 68.4 Å². The largest absolute Gasteiger partial charge is 0.507 e. The molecule has 2 aromatic carbocycles. The van der Waals surface area contributed by atoms with Gasteiger partial charge in [-0.25, -0.2) is 4.98 Å². The molecule has 1 aromatic heterocycles. The van der Waals surface area contributed by atoms with Crippen molar-refractivity contribution in [1.82, 2.24) is 14.8 Å². The zero-order valence-electron chi connectivity index (χ0n) is 25.3. The average molecular weight is 582 g/mol. The van der Waals surface area contributed by atoms with E-state index in [2.05, 4.69) is 19.8 Å². The van der Waals surface area contributed by atoms with Crippen molar-refractivity contribution in [1.29, 1.82) is 0 Å². The highest BCUT2D eigenvalue weighted by molar-refractivity contribution is 6.00. The number of hydrogen-bond acceptors (Lipinski definition) is 9. The first-order chi connectivity index (χ1) is 21.0. The lowest BCUT2D eigenvalue weighted by atomic mass is 10.2. The minimum Gasteiger partial charge on any atom is -0.507 e. The first kappa shape index (κ1) is 31.7. The van der Waals surface area contributed by atoms with Gasteiger partial charge in [0.1, 0.15) is 11.5 Å². The summed E-state index contributed by atoms with van der Waals surface area (Å²) >= 11 is 0. The first-order valence-corrected chi connectivity index (χ1v) is 15.0. The Balaban J connectivity index is 1.43. The van der Waals surface area contributed by atoms with Crippen LogP contribution in [0.1, 0.15) is 42.8 Å². The summed E-state index contributed by atoms with van der Waals surface area (Å²) in [5, 5.41) is 20.0. The van der Waals surface area contributed by atoms with Crippen LogP contribution in [0.25, 0.3) is 0 Å². The van der Waals surface area contributed by atoms with Crippen LogP contribution in [-0.2, 0) is 0 Å². The maximum atomic E-state index is 10.0. The predicted molar refractivity (Wildman–Crippen MR) is 177 cm³/mol. The van der Waals surface area contributed by atoms with Crippen LogP contribution in [0.4, 0.5) is 0 Å². The van der Waals surface area contributed by atoms with Crippen molar-refractivity contribution < 1.29 is 10.2 Å². The van der Waals surface area contributed by atoms with E-state index in [0.717, 1.165) is 79.6 Å². The first-order valence-electron chi connectivity index (χ1n) is 15.0. The van der Waals surface area contributed by atoms with Crippen LogP contribution in [0.15, 0.2) is 86.7 Å². The predicted octanol–water partition coefficient (Wildman–Crippen LogP) is 4.36. The summed E-state index contributed by atoms with van der Waals surface area (Å²) in [6.45, 7) is 11.8. The highest BCUT2D eigenvalue weighted by atomic mass is 16.3. The molecule has 0 amide bonds. The molecule has 1 aliphatic heterocycles. The van der Waals surface area contributed by atoms with E-state index >= 15 is 0 Å². The molecule has 2 bridgehead atoms. The molecule has 226 valence electrons. The van der Waals surface area contributed by atoms with Crippen LogP contribution in [0.3, 0.4) is 0 Å². The number of nitrogens with zero attached hydrogens (tertiary/aromatic N) is 7. The minimum atomic E-state index is 0.239. The third-order valence-corrected chi connectivity index (χ3v) is 7.39. The van der Waals surface area contributed by atoms with Gasteiger partial charge in [0, 0.05) is 49.7 Å². The van der Waals surface area contributed by atoms with Gasteiger partial charge >= 0.3 is 0 Å². The van der Waals surface area contributed by atoms with Crippen LogP contribution in [0, 0.1) is 0 Å². The average Bonchev–Trinajstić information content (AvgIpc) is 3.01. The minimum absolute atomic E-state index is 0.239. The van der Waals surface area contributed by atoms with Crippen molar-refractivity contribution in [2.75, 3.05) is 65.4 Å². The zero-order valence-corrected chi connectivity index (χ0v) is 25.3. The lowest BCUT2D eigenvalue weighted by Crippen LogP contribution is -2.35. The fourth-order valence-electron chi connectivity index (χ4n) is 4.82. The Morgan fingerprint density at radius 3 is 1.58 bits per heavy atom. The molecule has 0 radical (unpaired) electrons. The molecule has 2 N–H and O–H groups in total. The number of phenolic OH excluding ortho intramolecular Hbond substituents is 2. The van der Waals surface area contributed by atoms with Gasteiger partial charge in [-0.2, -0.15) is 0 Å². The van der Waals surface area contributed by atoms with Crippen LogP contribution >= 0.6 is 0 Å². The number of phenols is 2. The summed E-state index contributed by atoms with van der Waals surface area (Å²) in [6.07, 6.45) is 4.48. The molecule has 0 saturated heterocycles. The monoisotopic (exact) mass is 581 g/mol. The second kappa shape index (κ2) is 17.0. The number of pyridine rings is 1. The number of benzene rings is 2. The van der Waals surface area contributed by atoms with Crippen molar-refractivity contribution in [2.45, 2.75) is 20.3 Å². The lowest BCUT2D eigenvalue weighted by molar-refractivity contribution is 0.239. The van der Waals surface area contributed by atoms with Crippen molar-refractivity contribution in [3.05, 3.63) is 89.2 Å². The fourth-order valence-corrected chi connectivity index (χ4v) is 4.82. The fraction of sp³-hybridized carbons (Fsp3) is 0.382. The molecule has 0 aliphatic carbocycles. The van der Waals surface area contributed by atoms with Crippen molar-refractivity contribution in [3.63, 3.8) is 0 Å². The van der Waals surface area contributed by atoms with Crippen LogP contribution in [-0.4, -0.2) is 114 Å². The summed E-state index contributed by atoms with van der Waals surface area (Å²) in [5.74, 6) is 0.478. The van der Waals surface area contributed by atoms with E-state index in [4.69, 9.17) is 15.0 Å². The Bertz CT molecular complexity index is 1330. The van der Waals surface area contributed by atoms with Crippen LogP contribution in [0.5, 0.6) is 11.5 Å². The van der Waals surface area contributed by atoms with Gasteiger partial charge in [0.2, 0.25) is 0 Å².